The first-order chi connectivity index (χ1) is 27.7. The lowest BCUT2D eigenvalue weighted by Crippen LogP contribution is -2.25. The molecule has 2 heteroatoms. The van der Waals surface area contributed by atoms with Crippen molar-refractivity contribution in [2.75, 3.05) is 0 Å². The molecule has 9 aromatic rings. The number of fused-ring (bicyclic) bond motifs is 10. The van der Waals surface area contributed by atoms with Crippen LogP contribution in [0.1, 0.15) is 27.8 Å². The topological polar surface area (TPSA) is 25.8 Å². The van der Waals surface area contributed by atoms with Gasteiger partial charge in [0.2, 0.25) is 0 Å². The van der Waals surface area contributed by atoms with Gasteiger partial charge in [-0.15, -0.1) is 0 Å². The Labute approximate surface area is 327 Å². The van der Waals surface area contributed by atoms with Crippen LogP contribution < -0.4 is 0 Å². The van der Waals surface area contributed by atoms with Gasteiger partial charge in [-0.2, -0.15) is 0 Å². The Morgan fingerprint density at radius 2 is 0.750 bits per heavy atom. The van der Waals surface area contributed by atoms with Crippen LogP contribution >= 0.6 is 0 Å². The molecule has 0 aliphatic heterocycles. The third-order valence-electron chi connectivity index (χ3n) is 11.9. The molecule has 0 unspecified atom stereocenters. The molecule has 0 amide bonds. The summed E-state index contributed by atoms with van der Waals surface area (Å²) in [4.78, 5) is 10.2. The second kappa shape index (κ2) is 12.7. The van der Waals surface area contributed by atoms with E-state index in [1.807, 2.05) is 12.1 Å². The first-order valence-electron chi connectivity index (χ1n) is 19.3. The molecular formula is C54H36N2. The van der Waals surface area contributed by atoms with Crippen LogP contribution in [0.4, 0.5) is 0 Å². The molecule has 0 fully saturated rings. The molecule has 262 valence electrons. The van der Waals surface area contributed by atoms with Crippen LogP contribution in [0.15, 0.2) is 200 Å². The van der Waals surface area contributed by atoms with Gasteiger partial charge in [-0.25, -0.2) is 9.97 Å². The number of hydrogen-bond donors (Lipinski definition) is 0. The molecule has 2 nitrogen and oxygen atoms in total. The molecule has 8 aromatic carbocycles. The Balaban J connectivity index is 1.02. The van der Waals surface area contributed by atoms with Gasteiger partial charge in [0.15, 0.2) is 5.82 Å². The molecule has 56 heavy (non-hydrogen) atoms. The summed E-state index contributed by atoms with van der Waals surface area (Å²) in [6, 6.07) is 72.5. The van der Waals surface area contributed by atoms with Crippen LogP contribution in [0.3, 0.4) is 0 Å². The van der Waals surface area contributed by atoms with Crippen molar-refractivity contribution in [2.45, 2.75) is 12.3 Å². The highest BCUT2D eigenvalue weighted by Gasteiger charge is 2.51. The molecule has 2 aliphatic carbocycles. The van der Waals surface area contributed by atoms with Crippen molar-refractivity contribution in [3.8, 4) is 78.4 Å². The Morgan fingerprint density at radius 1 is 0.304 bits per heavy atom. The highest BCUT2D eigenvalue weighted by molar-refractivity contribution is 5.96. The number of hydrogen-bond acceptors (Lipinski definition) is 2. The predicted octanol–water partition coefficient (Wildman–Crippen LogP) is 13.5. The lowest BCUT2D eigenvalue weighted by atomic mass is 9.70. The van der Waals surface area contributed by atoms with Gasteiger partial charge in [0.05, 0.1) is 16.8 Å². The van der Waals surface area contributed by atoms with E-state index >= 15 is 0 Å². The minimum Gasteiger partial charge on any atom is -0.228 e. The lowest BCUT2D eigenvalue weighted by Gasteiger charge is -2.30. The maximum Gasteiger partial charge on any atom is 0.160 e. The molecule has 0 saturated carbocycles. The Bertz CT molecular complexity index is 2880. The molecule has 1 heterocycles. The molecule has 0 atom stereocenters. The standard InChI is InChI=1S/C54H36N2/c1-35-27-28-39(38-19-14-20-41(31-38)53-55-51(36-15-4-2-5-16-36)34-52(56-53)37-17-6-3-7-18-37)32-45(35)40-29-30-50-46(33-40)44-23-10-13-26-49(44)54(50)47-24-11-8-21-42(47)43-22-9-12-25-48(43)54/h2-34H,1H3. The van der Waals surface area contributed by atoms with Gasteiger partial charge in [-0.05, 0) is 104 Å². The quantitative estimate of drug-likeness (QED) is 0.178. The van der Waals surface area contributed by atoms with Crippen molar-refractivity contribution in [3.05, 3.63) is 228 Å². The maximum atomic E-state index is 5.11. The van der Waals surface area contributed by atoms with Crippen molar-refractivity contribution in [3.63, 3.8) is 0 Å². The Kier molecular flexibility index (Phi) is 7.33. The smallest absolute Gasteiger partial charge is 0.160 e. The number of nitrogens with zero attached hydrogens (tertiary/aromatic N) is 2. The lowest BCUT2D eigenvalue weighted by molar-refractivity contribution is 0.794. The van der Waals surface area contributed by atoms with Gasteiger partial charge in [0, 0.05) is 16.7 Å². The molecule has 0 saturated heterocycles. The van der Waals surface area contributed by atoms with Crippen LogP contribution in [-0.4, -0.2) is 9.97 Å². The molecule has 0 bridgehead atoms. The number of aromatic nitrogens is 2. The maximum absolute atomic E-state index is 5.11. The van der Waals surface area contributed by atoms with Gasteiger partial charge in [0.1, 0.15) is 0 Å². The van der Waals surface area contributed by atoms with Gasteiger partial charge < -0.3 is 0 Å². The van der Waals surface area contributed by atoms with E-state index < -0.39 is 0 Å². The fourth-order valence-electron chi connectivity index (χ4n) is 9.31. The van der Waals surface area contributed by atoms with Gasteiger partial charge in [-0.3, -0.25) is 0 Å². The van der Waals surface area contributed by atoms with E-state index in [4.69, 9.17) is 9.97 Å². The number of benzene rings is 8. The molecule has 2 aliphatic rings. The van der Waals surface area contributed by atoms with Gasteiger partial charge in [0.25, 0.3) is 0 Å². The second-order valence-corrected chi connectivity index (χ2v) is 15.0. The first-order valence-corrected chi connectivity index (χ1v) is 19.3. The summed E-state index contributed by atoms with van der Waals surface area (Å²) in [6.07, 6.45) is 0. The summed E-state index contributed by atoms with van der Waals surface area (Å²) in [5.74, 6) is 0.709. The van der Waals surface area contributed by atoms with Crippen molar-refractivity contribution in [1.82, 2.24) is 9.97 Å². The van der Waals surface area contributed by atoms with Gasteiger partial charge in [-0.1, -0.05) is 176 Å². The molecule has 1 aromatic heterocycles. The summed E-state index contributed by atoms with van der Waals surface area (Å²) in [5.41, 5.74) is 21.3. The molecule has 11 rings (SSSR count). The first kappa shape index (κ1) is 32.3. The fourth-order valence-corrected chi connectivity index (χ4v) is 9.31. The summed E-state index contributed by atoms with van der Waals surface area (Å²) < 4.78 is 0. The summed E-state index contributed by atoms with van der Waals surface area (Å²) in [5, 5.41) is 0. The highest BCUT2D eigenvalue weighted by Crippen LogP contribution is 2.63. The zero-order valence-corrected chi connectivity index (χ0v) is 30.9. The van der Waals surface area contributed by atoms with Gasteiger partial charge >= 0.3 is 0 Å². The van der Waals surface area contributed by atoms with Crippen LogP contribution in [0, 0.1) is 6.92 Å². The van der Waals surface area contributed by atoms with E-state index in [2.05, 4.69) is 195 Å². The summed E-state index contributed by atoms with van der Waals surface area (Å²) in [6.45, 7) is 2.22. The van der Waals surface area contributed by atoms with E-state index in [1.54, 1.807) is 0 Å². The zero-order chi connectivity index (χ0) is 37.2. The number of rotatable bonds is 5. The average molecular weight is 713 g/mol. The van der Waals surface area contributed by atoms with Crippen LogP contribution in [0.2, 0.25) is 0 Å². The predicted molar refractivity (Wildman–Crippen MR) is 230 cm³/mol. The van der Waals surface area contributed by atoms with Crippen molar-refractivity contribution in [1.29, 1.82) is 0 Å². The van der Waals surface area contributed by atoms with Crippen molar-refractivity contribution >= 4 is 0 Å². The third kappa shape index (κ3) is 4.89. The average Bonchev–Trinajstić information content (AvgIpc) is 3.74. The van der Waals surface area contributed by atoms with E-state index in [1.165, 1.54) is 61.2 Å². The fraction of sp³-hybridized carbons (Fsp3) is 0.0370. The monoisotopic (exact) mass is 712 g/mol. The molecule has 1 spiro atoms. The van der Waals surface area contributed by atoms with Crippen LogP contribution in [0.5, 0.6) is 0 Å². The summed E-state index contributed by atoms with van der Waals surface area (Å²) in [7, 11) is 0. The molecule has 0 radical (unpaired) electrons. The van der Waals surface area contributed by atoms with Crippen LogP contribution in [0.25, 0.3) is 78.4 Å². The number of aryl methyl sites for hydroxylation is 1. The van der Waals surface area contributed by atoms with Crippen LogP contribution in [-0.2, 0) is 5.41 Å². The SMILES string of the molecule is Cc1ccc(-c2cccc(-c3nc(-c4ccccc4)cc(-c4ccccc4)n3)c2)cc1-c1ccc2c(c1)-c1ccccc1C21c2ccccc2-c2ccccc21. The van der Waals surface area contributed by atoms with E-state index in [9.17, 15) is 0 Å². The normalized spacial score (nSPS) is 12.9. The highest BCUT2D eigenvalue weighted by atomic mass is 14.9. The Morgan fingerprint density at radius 3 is 1.36 bits per heavy atom. The minimum absolute atomic E-state index is 0.338. The largest absolute Gasteiger partial charge is 0.228 e. The van der Waals surface area contributed by atoms with Crippen molar-refractivity contribution in [2.24, 2.45) is 0 Å². The van der Waals surface area contributed by atoms with E-state index in [0.717, 1.165) is 39.2 Å². The third-order valence-corrected chi connectivity index (χ3v) is 11.9. The minimum atomic E-state index is -0.338. The molecule has 0 N–H and O–H groups in total. The molecular weight excluding hydrogens is 677 g/mol. The van der Waals surface area contributed by atoms with Crippen molar-refractivity contribution < 1.29 is 0 Å². The summed E-state index contributed by atoms with van der Waals surface area (Å²) >= 11 is 0. The Hall–Kier alpha value is -7.16. The zero-order valence-electron chi connectivity index (χ0n) is 30.9. The van der Waals surface area contributed by atoms with E-state index in [-0.39, 0.29) is 5.41 Å². The second-order valence-electron chi connectivity index (χ2n) is 15.0. The van der Waals surface area contributed by atoms with E-state index in [0.29, 0.717) is 5.82 Å².